The van der Waals surface area contributed by atoms with Gasteiger partial charge in [-0.2, -0.15) is 0 Å². The first kappa shape index (κ1) is 12.8. The molecule has 2 rings (SSSR count). The highest BCUT2D eigenvalue weighted by Gasteiger charge is 2.07. The Hall–Kier alpha value is -1.65. The number of aromatic nitrogens is 2. The highest BCUT2D eigenvalue weighted by atomic mass is 35.5. The maximum Gasteiger partial charge on any atom is 0.129 e. The van der Waals surface area contributed by atoms with E-state index in [0.29, 0.717) is 17.3 Å². The number of nitrogens with zero attached hydrogens (tertiary/aromatic N) is 3. The van der Waals surface area contributed by atoms with E-state index < -0.39 is 0 Å². The minimum absolute atomic E-state index is 0.163. The molecule has 0 bridgehead atoms. The fourth-order valence-corrected chi connectivity index (χ4v) is 1.78. The van der Waals surface area contributed by atoms with Crippen molar-refractivity contribution in [2.75, 3.05) is 11.9 Å². The van der Waals surface area contributed by atoms with Gasteiger partial charge in [0.2, 0.25) is 0 Å². The Morgan fingerprint density at radius 2 is 2.11 bits per heavy atom. The van der Waals surface area contributed by atoms with E-state index in [4.69, 9.17) is 16.7 Å². The van der Waals surface area contributed by atoms with Crippen LogP contribution in [-0.2, 0) is 13.2 Å². The second kappa shape index (κ2) is 5.80. The fourth-order valence-electron chi connectivity index (χ4n) is 1.61. The van der Waals surface area contributed by atoms with Crippen LogP contribution in [0.5, 0.6) is 0 Å². The number of aliphatic hydroxyl groups excluding tert-OH is 1. The number of hydrogen-bond donors (Lipinski definition) is 1. The van der Waals surface area contributed by atoms with E-state index in [2.05, 4.69) is 9.97 Å². The summed E-state index contributed by atoms with van der Waals surface area (Å²) >= 11 is 5.91. The lowest BCUT2D eigenvalue weighted by Crippen LogP contribution is -2.18. The fraction of sp³-hybridized carbons (Fsp3) is 0.231. The summed E-state index contributed by atoms with van der Waals surface area (Å²) in [7, 11) is 1.92. The van der Waals surface area contributed by atoms with Gasteiger partial charge in [0.25, 0.3) is 0 Å². The Balaban J connectivity index is 2.16. The van der Waals surface area contributed by atoms with Crippen molar-refractivity contribution in [1.82, 2.24) is 9.97 Å². The van der Waals surface area contributed by atoms with Gasteiger partial charge < -0.3 is 10.0 Å². The number of rotatable bonds is 4. The summed E-state index contributed by atoms with van der Waals surface area (Å²) in [6.45, 7) is 0.491. The molecule has 0 saturated heterocycles. The van der Waals surface area contributed by atoms with Gasteiger partial charge in [-0.1, -0.05) is 17.7 Å². The normalized spacial score (nSPS) is 10.4. The Labute approximate surface area is 111 Å². The zero-order valence-electron chi connectivity index (χ0n) is 10.0. The minimum atomic E-state index is -0.163. The van der Waals surface area contributed by atoms with E-state index in [1.165, 1.54) is 0 Å². The number of aliphatic hydroxyl groups is 1. The average Bonchev–Trinajstić information content (AvgIpc) is 2.40. The first-order chi connectivity index (χ1) is 8.70. The van der Waals surface area contributed by atoms with Crippen LogP contribution in [0.25, 0.3) is 0 Å². The lowest BCUT2D eigenvalue weighted by molar-refractivity contribution is 0.277. The minimum Gasteiger partial charge on any atom is -0.390 e. The monoisotopic (exact) mass is 263 g/mol. The quantitative estimate of drug-likeness (QED) is 0.919. The molecule has 0 fully saturated rings. The Morgan fingerprint density at radius 1 is 1.28 bits per heavy atom. The van der Waals surface area contributed by atoms with Crippen molar-refractivity contribution in [2.24, 2.45) is 0 Å². The smallest absolute Gasteiger partial charge is 0.129 e. The molecule has 0 aromatic carbocycles. The van der Waals surface area contributed by atoms with Gasteiger partial charge in [0.15, 0.2) is 0 Å². The zero-order chi connectivity index (χ0) is 13.0. The largest absolute Gasteiger partial charge is 0.390 e. The van der Waals surface area contributed by atoms with Gasteiger partial charge in [0.05, 0.1) is 29.6 Å². The summed E-state index contributed by atoms with van der Waals surface area (Å²) < 4.78 is 0. The Bertz CT molecular complexity index is 519. The van der Waals surface area contributed by atoms with Crippen LogP contribution in [-0.4, -0.2) is 22.1 Å². The third-order valence-electron chi connectivity index (χ3n) is 2.57. The van der Waals surface area contributed by atoms with Gasteiger partial charge in [-0.05, 0) is 24.3 Å². The third-order valence-corrected chi connectivity index (χ3v) is 2.91. The van der Waals surface area contributed by atoms with Crippen LogP contribution < -0.4 is 4.90 Å². The van der Waals surface area contributed by atoms with Crippen molar-refractivity contribution >= 4 is 17.4 Å². The molecule has 2 heterocycles. The molecule has 0 spiro atoms. The molecule has 18 heavy (non-hydrogen) atoms. The standard InChI is InChI=1S/C13H14ClN3O/c1-17(8-10-4-2-3-7-15-10)13-6-5-11(14)12(9-18)16-13/h2-7,18H,8-9H2,1H3. The molecule has 0 amide bonds. The summed E-state index contributed by atoms with van der Waals surface area (Å²) in [5.41, 5.74) is 1.45. The molecule has 0 aliphatic carbocycles. The van der Waals surface area contributed by atoms with Crippen molar-refractivity contribution in [3.63, 3.8) is 0 Å². The molecule has 1 N–H and O–H groups in total. The number of hydrogen-bond acceptors (Lipinski definition) is 4. The van der Waals surface area contributed by atoms with Crippen LogP contribution in [0.15, 0.2) is 36.5 Å². The topological polar surface area (TPSA) is 49.2 Å². The van der Waals surface area contributed by atoms with Crippen LogP contribution >= 0.6 is 11.6 Å². The van der Waals surface area contributed by atoms with E-state index in [9.17, 15) is 0 Å². The first-order valence-corrected chi connectivity index (χ1v) is 5.96. The average molecular weight is 264 g/mol. The van der Waals surface area contributed by atoms with Crippen LogP contribution in [0.3, 0.4) is 0 Å². The predicted molar refractivity (Wildman–Crippen MR) is 71.5 cm³/mol. The summed E-state index contributed by atoms with van der Waals surface area (Å²) in [4.78, 5) is 10.5. The van der Waals surface area contributed by atoms with Crippen LogP contribution in [0.2, 0.25) is 5.02 Å². The van der Waals surface area contributed by atoms with Crippen molar-refractivity contribution in [3.8, 4) is 0 Å². The molecule has 0 aliphatic heterocycles. The first-order valence-electron chi connectivity index (χ1n) is 5.58. The van der Waals surface area contributed by atoms with E-state index >= 15 is 0 Å². The van der Waals surface area contributed by atoms with E-state index in [0.717, 1.165) is 11.5 Å². The van der Waals surface area contributed by atoms with Crippen molar-refractivity contribution in [1.29, 1.82) is 0 Å². The molecule has 0 atom stereocenters. The lowest BCUT2D eigenvalue weighted by Gasteiger charge is -2.18. The second-order valence-corrected chi connectivity index (χ2v) is 4.34. The van der Waals surface area contributed by atoms with Gasteiger partial charge in [-0.15, -0.1) is 0 Å². The molecular formula is C13H14ClN3O. The molecule has 2 aromatic rings. The molecule has 0 unspecified atom stereocenters. The highest BCUT2D eigenvalue weighted by molar-refractivity contribution is 6.31. The molecule has 0 saturated carbocycles. The van der Waals surface area contributed by atoms with Gasteiger partial charge in [0.1, 0.15) is 5.82 Å². The highest BCUT2D eigenvalue weighted by Crippen LogP contribution is 2.19. The third kappa shape index (κ3) is 2.97. The maximum absolute atomic E-state index is 9.14. The molecular weight excluding hydrogens is 250 g/mol. The summed E-state index contributed by atoms with van der Waals surface area (Å²) in [5, 5.41) is 9.62. The van der Waals surface area contributed by atoms with Gasteiger partial charge in [0, 0.05) is 13.2 Å². The number of halogens is 1. The Morgan fingerprint density at radius 3 is 2.78 bits per heavy atom. The van der Waals surface area contributed by atoms with Crippen molar-refractivity contribution < 1.29 is 5.11 Å². The van der Waals surface area contributed by atoms with E-state index in [1.807, 2.05) is 36.2 Å². The Kier molecular flexibility index (Phi) is 4.12. The summed E-state index contributed by atoms with van der Waals surface area (Å²) in [5.74, 6) is 0.758. The van der Waals surface area contributed by atoms with Crippen LogP contribution in [0, 0.1) is 0 Å². The molecule has 0 radical (unpaired) electrons. The van der Waals surface area contributed by atoms with Crippen LogP contribution in [0.4, 0.5) is 5.82 Å². The zero-order valence-corrected chi connectivity index (χ0v) is 10.8. The molecule has 4 nitrogen and oxygen atoms in total. The van der Waals surface area contributed by atoms with E-state index in [1.54, 1.807) is 12.3 Å². The lowest BCUT2D eigenvalue weighted by atomic mass is 10.3. The van der Waals surface area contributed by atoms with Crippen molar-refractivity contribution in [2.45, 2.75) is 13.2 Å². The summed E-state index contributed by atoms with van der Waals surface area (Å²) in [6.07, 6.45) is 1.76. The predicted octanol–water partition coefficient (Wildman–Crippen LogP) is 2.26. The van der Waals surface area contributed by atoms with Gasteiger partial charge >= 0.3 is 0 Å². The van der Waals surface area contributed by atoms with Crippen LogP contribution in [0.1, 0.15) is 11.4 Å². The SMILES string of the molecule is CN(Cc1ccccn1)c1ccc(Cl)c(CO)n1. The van der Waals surface area contributed by atoms with Crippen molar-refractivity contribution in [3.05, 3.63) is 52.9 Å². The number of pyridine rings is 2. The van der Waals surface area contributed by atoms with Gasteiger partial charge in [-0.3, -0.25) is 4.98 Å². The molecule has 0 aliphatic rings. The maximum atomic E-state index is 9.14. The molecule has 2 aromatic heterocycles. The second-order valence-electron chi connectivity index (χ2n) is 3.93. The molecule has 5 heteroatoms. The van der Waals surface area contributed by atoms with Gasteiger partial charge in [-0.25, -0.2) is 4.98 Å². The summed E-state index contributed by atoms with van der Waals surface area (Å²) in [6, 6.07) is 9.35. The molecule has 94 valence electrons. The number of anilines is 1. The van der Waals surface area contributed by atoms with E-state index in [-0.39, 0.29) is 6.61 Å².